The van der Waals surface area contributed by atoms with Crippen LogP contribution in [-0.4, -0.2) is 24.4 Å². The molecule has 3 unspecified atom stereocenters. The van der Waals surface area contributed by atoms with Crippen LogP contribution in [0, 0.1) is 23.7 Å². The fourth-order valence-electron chi connectivity index (χ4n) is 3.28. The van der Waals surface area contributed by atoms with Crippen LogP contribution in [0.1, 0.15) is 40.0 Å². The van der Waals surface area contributed by atoms with Gasteiger partial charge in [0.25, 0.3) is 0 Å². The van der Waals surface area contributed by atoms with Gasteiger partial charge in [-0.25, -0.2) is 0 Å². The van der Waals surface area contributed by atoms with Crippen molar-refractivity contribution in [3.05, 3.63) is 0 Å². The highest BCUT2D eigenvalue weighted by atomic mass is 16.2. The van der Waals surface area contributed by atoms with Crippen LogP contribution < -0.4 is 10.6 Å². The molecule has 4 atom stereocenters. The van der Waals surface area contributed by atoms with E-state index in [4.69, 9.17) is 0 Å². The number of amides is 2. The predicted octanol–water partition coefficient (Wildman–Crippen LogP) is 1.31. The standard InChI is InChI=1S/C14H24N2O2/c1-8(2)12-7-10(16-14(12)18)6-9(3)11-4-5-15-13(11)17/h8-12H,4-7H2,1-3H3,(H,15,17)(H,16,18)/t9?,10?,11-,12?/m0/s1. The Balaban J connectivity index is 1.87. The van der Waals surface area contributed by atoms with Gasteiger partial charge in [0, 0.05) is 24.4 Å². The Bertz CT molecular complexity index is 341. The Kier molecular flexibility index (Phi) is 3.93. The molecule has 2 rings (SSSR count). The van der Waals surface area contributed by atoms with Crippen LogP contribution in [0.5, 0.6) is 0 Å². The molecule has 2 heterocycles. The Morgan fingerprint density at radius 1 is 1.17 bits per heavy atom. The van der Waals surface area contributed by atoms with Crippen molar-refractivity contribution in [2.75, 3.05) is 6.54 Å². The maximum absolute atomic E-state index is 11.8. The minimum absolute atomic E-state index is 0.139. The molecule has 2 aliphatic heterocycles. The van der Waals surface area contributed by atoms with Gasteiger partial charge in [0.2, 0.25) is 11.8 Å². The van der Waals surface area contributed by atoms with Crippen molar-refractivity contribution in [2.24, 2.45) is 23.7 Å². The van der Waals surface area contributed by atoms with Crippen molar-refractivity contribution in [1.82, 2.24) is 10.6 Å². The zero-order valence-corrected chi connectivity index (χ0v) is 11.5. The van der Waals surface area contributed by atoms with Crippen LogP contribution in [0.2, 0.25) is 0 Å². The third-order valence-electron chi connectivity index (χ3n) is 4.46. The second-order valence-corrected chi connectivity index (χ2v) is 6.19. The highest BCUT2D eigenvalue weighted by Crippen LogP contribution is 2.30. The Morgan fingerprint density at radius 3 is 2.39 bits per heavy atom. The van der Waals surface area contributed by atoms with Gasteiger partial charge in [-0.15, -0.1) is 0 Å². The lowest BCUT2D eigenvalue weighted by Crippen LogP contribution is -2.31. The lowest BCUT2D eigenvalue weighted by molar-refractivity contribution is -0.124. The molecule has 2 aliphatic rings. The highest BCUT2D eigenvalue weighted by molar-refractivity contribution is 5.82. The summed E-state index contributed by atoms with van der Waals surface area (Å²) in [6.07, 6.45) is 2.79. The first-order valence-corrected chi connectivity index (χ1v) is 7.07. The largest absolute Gasteiger partial charge is 0.356 e. The normalized spacial score (nSPS) is 33.7. The number of hydrogen-bond acceptors (Lipinski definition) is 2. The number of carbonyl (C=O) groups excluding carboxylic acids is 2. The average molecular weight is 252 g/mol. The van der Waals surface area contributed by atoms with Crippen LogP contribution in [0.15, 0.2) is 0 Å². The van der Waals surface area contributed by atoms with Gasteiger partial charge in [-0.05, 0) is 31.1 Å². The summed E-state index contributed by atoms with van der Waals surface area (Å²) in [6.45, 7) is 7.13. The van der Waals surface area contributed by atoms with E-state index in [1.807, 2.05) is 0 Å². The Morgan fingerprint density at radius 2 is 1.89 bits per heavy atom. The summed E-state index contributed by atoms with van der Waals surface area (Å²) in [4.78, 5) is 23.4. The van der Waals surface area contributed by atoms with Gasteiger partial charge in [-0.2, -0.15) is 0 Å². The smallest absolute Gasteiger partial charge is 0.223 e. The summed E-state index contributed by atoms with van der Waals surface area (Å²) in [7, 11) is 0. The molecule has 2 amide bonds. The van der Waals surface area contributed by atoms with Crippen molar-refractivity contribution >= 4 is 11.8 Å². The molecule has 0 aromatic rings. The molecule has 2 fully saturated rings. The van der Waals surface area contributed by atoms with E-state index in [0.29, 0.717) is 11.8 Å². The van der Waals surface area contributed by atoms with Crippen molar-refractivity contribution in [3.8, 4) is 0 Å². The van der Waals surface area contributed by atoms with E-state index >= 15 is 0 Å². The summed E-state index contributed by atoms with van der Waals surface area (Å²) in [5, 5.41) is 5.97. The lowest BCUT2D eigenvalue weighted by Gasteiger charge is -2.20. The van der Waals surface area contributed by atoms with Gasteiger partial charge in [0.1, 0.15) is 0 Å². The molecule has 0 aromatic carbocycles. The molecule has 18 heavy (non-hydrogen) atoms. The molecule has 2 N–H and O–H groups in total. The lowest BCUT2D eigenvalue weighted by atomic mass is 9.85. The number of carbonyl (C=O) groups is 2. The topological polar surface area (TPSA) is 58.2 Å². The third kappa shape index (κ3) is 2.68. The second-order valence-electron chi connectivity index (χ2n) is 6.19. The highest BCUT2D eigenvalue weighted by Gasteiger charge is 2.37. The Hall–Kier alpha value is -1.06. The summed E-state index contributed by atoms with van der Waals surface area (Å²) in [5.41, 5.74) is 0. The summed E-state index contributed by atoms with van der Waals surface area (Å²) >= 11 is 0. The van der Waals surface area contributed by atoms with Crippen LogP contribution in [-0.2, 0) is 9.59 Å². The van der Waals surface area contributed by atoms with Crippen molar-refractivity contribution in [1.29, 1.82) is 0 Å². The first kappa shape index (κ1) is 13.4. The van der Waals surface area contributed by atoms with E-state index < -0.39 is 0 Å². The van der Waals surface area contributed by atoms with Crippen molar-refractivity contribution in [3.63, 3.8) is 0 Å². The summed E-state index contributed by atoms with van der Waals surface area (Å²) in [5.74, 6) is 1.42. The number of rotatable bonds is 4. The van der Waals surface area contributed by atoms with Gasteiger partial charge in [-0.3, -0.25) is 9.59 Å². The van der Waals surface area contributed by atoms with Crippen molar-refractivity contribution in [2.45, 2.75) is 46.1 Å². The molecule has 0 aromatic heterocycles. The first-order chi connectivity index (χ1) is 8.49. The quantitative estimate of drug-likeness (QED) is 0.792. The SMILES string of the molecule is CC(C)C1CC(CC(C)[C@@H]2CCNC2=O)NC1=O. The third-order valence-corrected chi connectivity index (χ3v) is 4.46. The van der Waals surface area contributed by atoms with Crippen LogP contribution in [0.4, 0.5) is 0 Å². The van der Waals surface area contributed by atoms with Gasteiger partial charge >= 0.3 is 0 Å². The molecule has 0 aliphatic carbocycles. The molecule has 0 spiro atoms. The van der Waals surface area contributed by atoms with Gasteiger partial charge < -0.3 is 10.6 Å². The maximum atomic E-state index is 11.8. The van der Waals surface area contributed by atoms with Gasteiger partial charge in [0.15, 0.2) is 0 Å². The monoisotopic (exact) mass is 252 g/mol. The predicted molar refractivity (Wildman–Crippen MR) is 69.8 cm³/mol. The molecular weight excluding hydrogens is 228 g/mol. The summed E-state index contributed by atoms with van der Waals surface area (Å²) in [6, 6.07) is 0.258. The van der Waals surface area contributed by atoms with E-state index in [0.717, 1.165) is 25.8 Å². The molecular formula is C14H24N2O2. The van der Waals surface area contributed by atoms with Gasteiger partial charge in [0.05, 0.1) is 0 Å². The van der Waals surface area contributed by atoms with E-state index in [2.05, 4.69) is 31.4 Å². The fourth-order valence-corrected chi connectivity index (χ4v) is 3.28. The van der Waals surface area contributed by atoms with Gasteiger partial charge in [-0.1, -0.05) is 20.8 Å². The minimum atomic E-state index is 0.139. The molecule has 0 bridgehead atoms. The minimum Gasteiger partial charge on any atom is -0.356 e. The van der Waals surface area contributed by atoms with E-state index in [1.165, 1.54) is 0 Å². The van der Waals surface area contributed by atoms with Crippen LogP contribution in [0.3, 0.4) is 0 Å². The maximum Gasteiger partial charge on any atom is 0.223 e. The van der Waals surface area contributed by atoms with Crippen LogP contribution >= 0.6 is 0 Å². The molecule has 0 radical (unpaired) electrons. The molecule has 4 heteroatoms. The number of nitrogens with one attached hydrogen (secondary N) is 2. The van der Waals surface area contributed by atoms with E-state index in [1.54, 1.807) is 0 Å². The molecule has 102 valence electrons. The zero-order chi connectivity index (χ0) is 13.3. The molecule has 4 nitrogen and oxygen atoms in total. The van der Waals surface area contributed by atoms with Crippen LogP contribution in [0.25, 0.3) is 0 Å². The average Bonchev–Trinajstić information content (AvgIpc) is 2.84. The second kappa shape index (κ2) is 5.29. The zero-order valence-electron chi connectivity index (χ0n) is 11.5. The van der Waals surface area contributed by atoms with E-state index in [-0.39, 0.29) is 29.7 Å². The Labute approximate surface area is 109 Å². The van der Waals surface area contributed by atoms with E-state index in [9.17, 15) is 9.59 Å². The summed E-state index contributed by atoms with van der Waals surface area (Å²) < 4.78 is 0. The first-order valence-electron chi connectivity index (χ1n) is 7.07. The fraction of sp³-hybridized carbons (Fsp3) is 0.857. The molecule has 0 saturated carbocycles. The van der Waals surface area contributed by atoms with Crippen molar-refractivity contribution < 1.29 is 9.59 Å². The molecule has 2 saturated heterocycles. The number of hydrogen-bond donors (Lipinski definition) is 2.